The number of fused-ring (bicyclic) bond motifs is 1. The van der Waals surface area contributed by atoms with Crippen LogP contribution < -0.4 is 5.32 Å². The Labute approximate surface area is 108 Å². The Bertz CT molecular complexity index is 672. The third-order valence-corrected chi connectivity index (χ3v) is 3.70. The number of amides is 1. The van der Waals surface area contributed by atoms with Crippen molar-refractivity contribution in [3.05, 3.63) is 53.2 Å². The Hall–Kier alpha value is -2.14. The molecular weight excluding hydrogens is 246 g/mol. The summed E-state index contributed by atoms with van der Waals surface area (Å²) in [5.74, 6) is -0.0475. The van der Waals surface area contributed by atoms with Crippen LogP contribution in [0.4, 0.5) is 0 Å². The maximum Gasteiger partial charge on any atom is 0.253 e. The van der Waals surface area contributed by atoms with Crippen LogP contribution in [0.2, 0.25) is 0 Å². The molecule has 2 heterocycles. The second-order valence-electron chi connectivity index (χ2n) is 3.93. The fourth-order valence-electron chi connectivity index (χ4n) is 1.81. The predicted molar refractivity (Wildman–Crippen MR) is 71.6 cm³/mol. The van der Waals surface area contributed by atoms with Crippen LogP contribution in [0, 0.1) is 0 Å². The van der Waals surface area contributed by atoms with Gasteiger partial charge in [-0.05, 0) is 6.07 Å². The zero-order chi connectivity index (χ0) is 12.4. The molecule has 3 aromatic rings. The summed E-state index contributed by atoms with van der Waals surface area (Å²) >= 11 is 1.59. The van der Waals surface area contributed by atoms with Crippen molar-refractivity contribution in [2.45, 2.75) is 6.54 Å². The predicted octanol–water partition coefficient (Wildman–Crippen LogP) is 2.55. The van der Waals surface area contributed by atoms with E-state index in [0.717, 1.165) is 21.2 Å². The number of benzene rings is 1. The highest BCUT2D eigenvalue weighted by Crippen LogP contribution is 2.25. The first-order chi connectivity index (χ1) is 8.84. The number of aromatic amines is 1. The summed E-state index contributed by atoms with van der Waals surface area (Å²) in [6.45, 7) is 0.486. The standard InChI is InChI=1S/C13H11N3OS/c17-13(14-5-9-6-15-16-7-9)11-8-18-12-4-2-1-3-10(11)12/h1-4,6-8H,5H2,(H,14,17)(H,15,16). The summed E-state index contributed by atoms with van der Waals surface area (Å²) in [5.41, 5.74) is 1.70. The number of rotatable bonds is 3. The van der Waals surface area contributed by atoms with Crippen molar-refractivity contribution in [2.75, 3.05) is 0 Å². The van der Waals surface area contributed by atoms with E-state index in [1.54, 1.807) is 23.7 Å². The lowest BCUT2D eigenvalue weighted by atomic mass is 10.1. The van der Waals surface area contributed by atoms with E-state index >= 15 is 0 Å². The van der Waals surface area contributed by atoms with E-state index in [9.17, 15) is 4.79 Å². The number of hydrogen-bond acceptors (Lipinski definition) is 3. The normalized spacial score (nSPS) is 10.7. The first-order valence-corrected chi connectivity index (χ1v) is 6.44. The number of carbonyl (C=O) groups is 1. The molecule has 90 valence electrons. The summed E-state index contributed by atoms with van der Waals surface area (Å²) in [7, 11) is 0. The lowest BCUT2D eigenvalue weighted by Gasteiger charge is -2.02. The minimum Gasteiger partial charge on any atom is -0.348 e. The highest BCUT2D eigenvalue weighted by atomic mass is 32.1. The van der Waals surface area contributed by atoms with Gasteiger partial charge < -0.3 is 5.32 Å². The molecule has 3 rings (SSSR count). The average Bonchev–Trinajstić information content (AvgIpc) is 3.05. The van der Waals surface area contributed by atoms with Gasteiger partial charge in [0.15, 0.2) is 0 Å². The number of nitrogens with one attached hydrogen (secondary N) is 2. The molecule has 18 heavy (non-hydrogen) atoms. The molecule has 0 unspecified atom stereocenters. The topological polar surface area (TPSA) is 57.8 Å². The Morgan fingerprint density at radius 3 is 3.11 bits per heavy atom. The summed E-state index contributed by atoms with van der Waals surface area (Å²) in [6.07, 6.45) is 3.47. The molecule has 2 N–H and O–H groups in total. The number of aromatic nitrogens is 2. The molecule has 0 radical (unpaired) electrons. The highest BCUT2D eigenvalue weighted by molar-refractivity contribution is 7.17. The first kappa shape index (κ1) is 11.0. The second kappa shape index (κ2) is 4.62. The van der Waals surface area contributed by atoms with Gasteiger partial charge in [-0.15, -0.1) is 11.3 Å². The molecule has 0 atom stereocenters. The van der Waals surface area contributed by atoms with Crippen molar-refractivity contribution in [3.63, 3.8) is 0 Å². The van der Waals surface area contributed by atoms with E-state index in [-0.39, 0.29) is 5.91 Å². The summed E-state index contributed by atoms with van der Waals surface area (Å²) < 4.78 is 1.13. The van der Waals surface area contributed by atoms with E-state index in [1.165, 1.54) is 0 Å². The van der Waals surface area contributed by atoms with Gasteiger partial charge in [0.25, 0.3) is 5.91 Å². The third kappa shape index (κ3) is 2.00. The van der Waals surface area contributed by atoms with E-state index in [0.29, 0.717) is 6.54 Å². The fraction of sp³-hybridized carbons (Fsp3) is 0.0769. The van der Waals surface area contributed by atoms with E-state index in [2.05, 4.69) is 15.5 Å². The van der Waals surface area contributed by atoms with Crippen LogP contribution in [0.25, 0.3) is 10.1 Å². The van der Waals surface area contributed by atoms with E-state index in [1.807, 2.05) is 29.6 Å². The number of H-pyrrole nitrogens is 1. The molecule has 0 aliphatic rings. The minimum absolute atomic E-state index is 0.0475. The summed E-state index contributed by atoms with van der Waals surface area (Å²) in [5, 5.41) is 12.3. The Morgan fingerprint density at radius 2 is 2.28 bits per heavy atom. The van der Waals surface area contributed by atoms with Gasteiger partial charge >= 0.3 is 0 Å². The molecule has 0 aliphatic heterocycles. The second-order valence-corrected chi connectivity index (χ2v) is 4.85. The molecule has 4 nitrogen and oxygen atoms in total. The third-order valence-electron chi connectivity index (χ3n) is 2.73. The number of thiophene rings is 1. The maximum absolute atomic E-state index is 12.1. The van der Waals surface area contributed by atoms with Crippen LogP contribution >= 0.6 is 11.3 Å². The van der Waals surface area contributed by atoms with E-state index < -0.39 is 0 Å². The van der Waals surface area contributed by atoms with Gasteiger partial charge in [-0.2, -0.15) is 5.10 Å². The number of nitrogens with zero attached hydrogens (tertiary/aromatic N) is 1. The van der Waals surface area contributed by atoms with Crippen molar-refractivity contribution in [2.24, 2.45) is 0 Å². The van der Waals surface area contributed by atoms with Crippen molar-refractivity contribution in [1.82, 2.24) is 15.5 Å². The molecule has 0 bridgehead atoms. The van der Waals surface area contributed by atoms with Crippen molar-refractivity contribution >= 4 is 27.3 Å². The molecule has 1 amide bonds. The van der Waals surface area contributed by atoms with Crippen LogP contribution in [-0.2, 0) is 6.54 Å². The molecule has 0 fully saturated rings. The molecule has 0 aliphatic carbocycles. The molecule has 2 aromatic heterocycles. The number of hydrogen-bond donors (Lipinski definition) is 2. The zero-order valence-corrected chi connectivity index (χ0v) is 10.3. The quantitative estimate of drug-likeness (QED) is 0.757. The summed E-state index contributed by atoms with van der Waals surface area (Å²) in [4.78, 5) is 12.1. The van der Waals surface area contributed by atoms with Gasteiger partial charge in [0.1, 0.15) is 0 Å². The van der Waals surface area contributed by atoms with Gasteiger partial charge in [-0.25, -0.2) is 0 Å². The van der Waals surface area contributed by atoms with Crippen LogP contribution in [0.3, 0.4) is 0 Å². The molecule has 5 heteroatoms. The monoisotopic (exact) mass is 257 g/mol. The lowest BCUT2D eigenvalue weighted by Crippen LogP contribution is -2.22. The molecule has 0 saturated heterocycles. The minimum atomic E-state index is -0.0475. The molecule has 1 aromatic carbocycles. The van der Waals surface area contributed by atoms with Crippen LogP contribution in [0.15, 0.2) is 42.0 Å². The van der Waals surface area contributed by atoms with Gasteiger partial charge in [-0.3, -0.25) is 9.89 Å². The zero-order valence-electron chi connectivity index (χ0n) is 9.51. The van der Waals surface area contributed by atoms with Crippen molar-refractivity contribution in [1.29, 1.82) is 0 Å². The van der Waals surface area contributed by atoms with E-state index in [4.69, 9.17) is 0 Å². The largest absolute Gasteiger partial charge is 0.348 e. The Kier molecular flexibility index (Phi) is 2.82. The van der Waals surface area contributed by atoms with Crippen molar-refractivity contribution < 1.29 is 4.79 Å². The smallest absolute Gasteiger partial charge is 0.253 e. The van der Waals surface area contributed by atoms with Gasteiger partial charge in [-0.1, -0.05) is 18.2 Å². The molecular formula is C13H11N3OS. The van der Waals surface area contributed by atoms with Gasteiger partial charge in [0.05, 0.1) is 11.8 Å². The molecule has 0 saturated carbocycles. The van der Waals surface area contributed by atoms with Crippen molar-refractivity contribution in [3.8, 4) is 0 Å². The lowest BCUT2D eigenvalue weighted by molar-refractivity contribution is 0.0953. The number of carbonyl (C=O) groups excluding carboxylic acids is 1. The highest BCUT2D eigenvalue weighted by Gasteiger charge is 2.11. The average molecular weight is 257 g/mol. The first-order valence-electron chi connectivity index (χ1n) is 5.56. The fourth-order valence-corrected chi connectivity index (χ4v) is 2.75. The van der Waals surface area contributed by atoms with Gasteiger partial charge in [0, 0.05) is 33.8 Å². The maximum atomic E-state index is 12.1. The summed E-state index contributed by atoms with van der Waals surface area (Å²) in [6, 6.07) is 7.92. The SMILES string of the molecule is O=C(NCc1cn[nH]c1)c1csc2ccccc12. The Morgan fingerprint density at radius 1 is 1.39 bits per heavy atom. The molecule has 0 spiro atoms. The van der Waals surface area contributed by atoms with Gasteiger partial charge in [0.2, 0.25) is 0 Å². The van der Waals surface area contributed by atoms with Crippen LogP contribution in [-0.4, -0.2) is 16.1 Å². The van der Waals surface area contributed by atoms with Crippen LogP contribution in [0.5, 0.6) is 0 Å². The Balaban J connectivity index is 1.80. The van der Waals surface area contributed by atoms with Crippen LogP contribution in [0.1, 0.15) is 15.9 Å².